The van der Waals surface area contributed by atoms with E-state index in [9.17, 15) is 9.59 Å². The summed E-state index contributed by atoms with van der Waals surface area (Å²) in [5, 5.41) is 3.18. The zero-order valence-electron chi connectivity index (χ0n) is 15.5. The van der Waals surface area contributed by atoms with Gasteiger partial charge in [0.1, 0.15) is 0 Å². The van der Waals surface area contributed by atoms with Crippen LogP contribution in [-0.4, -0.2) is 73.6 Å². The van der Waals surface area contributed by atoms with E-state index in [-0.39, 0.29) is 17.7 Å². The van der Waals surface area contributed by atoms with Gasteiger partial charge in [-0.1, -0.05) is 0 Å². The van der Waals surface area contributed by atoms with Crippen molar-refractivity contribution in [2.45, 2.75) is 51.5 Å². The number of nitrogens with one attached hydrogen (secondary N) is 1. The Morgan fingerprint density at radius 1 is 0.960 bits per heavy atom. The third-order valence-electron chi connectivity index (χ3n) is 6.23. The number of hydrogen-bond acceptors (Lipinski definition) is 4. The summed E-state index contributed by atoms with van der Waals surface area (Å²) < 4.78 is 5.37. The monoisotopic (exact) mass is 351 g/mol. The average molecular weight is 351 g/mol. The number of carbonyl (C=O) groups is 2. The SMILES string of the molecule is CC(=O)N1CCC(N2CCC(C(=O)NCC3CCOCC3)CC2)CC1. The Morgan fingerprint density at radius 3 is 2.20 bits per heavy atom. The fourth-order valence-electron chi connectivity index (χ4n) is 4.41. The number of hydrogen-bond donors (Lipinski definition) is 1. The van der Waals surface area contributed by atoms with E-state index >= 15 is 0 Å². The summed E-state index contributed by atoms with van der Waals surface area (Å²) in [5.41, 5.74) is 0. The van der Waals surface area contributed by atoms with Crippen LogP contribution >= 0.6 is 0 Å². The van der Waals surface area contributed by atoms with Crippen LogP contribution in [0.3, 0.4) is 0 Å². The summed E-state index contributed by atoms with van der Waals surface area (Å²) in [6, 6.07) is 0.585. The van der Waals surface area contributed by atoms with Crippen LogP contribution < -0.4 is 5.32 Å². The fraction of sp³-hybridized carbons (Fsp3) is 0.895. The normalized spacial score (nSPS) is 25.1. The molecular weight excluding hydrogens is 318 g/mol. The van der Waals surface area contributed by atoms with E-state index in [0.717, 1.165) is 84.5 Å². The zero-order chi connectivity index (χ0) is 17.6. The summed E-state index contributed by atoms with van der Waals surface area (Å²) in [4.78, 5) is 28.4. The van der Waals surface area contributed by atoms with Crippen molar-refractivity contribution in [1.82, 2.24) is 15.1 Å². The van der Waals surface area contributed by atoms with Crippen LogP contribution in [0.2, 0.25) is 0 Å². The highest BCUT2D eigenvalue weighted by Crippen LogP contribution is 2.24. The molecule has 0 aromatic carbocycles. The van der Waals surface area contributed by atoms with Gasteiger partial charge in [-0.15, -0.1) is 0 Å². The Labute approximate surface area is 151 Å². The van der Waals surface area contributed by atoms with E-state index in [4.69, 9.17) is 4.74 Å². The van der Waals surface area contributed by atoms with Crippen molar-refractivity contribution in [3.63, 3.8) is 0 Å². The number of piperidine rings is 2. The lowest BCUT2D eigenvalue weighted by Gasteiger charge is -2.41. The average Bonchev–Trinajstić information content (AvgIpc) is 2.67. The molecule has 0 radical (unpaired) electrons. The van der Waals surface area contributed by atoms with Crippen molar-refractivity contribution in [3.8, 4) is 0 Å². The van der Waals surface area contributed by atoms with Crippen molar-refractivity contribution < 1.29 is 14.3 Å². The predicted molar refractivity (Wildman–Crippen MR) is 96.1 cm³/mol. The first kappa shape index (κ1) is 18.6. The summed E-state index contributed by atoms with van der Waals surface area (Å²) in [5.74, 6) is 1.20. The third-order valence-corrected chi connectivity index (χ3v) is 6.23. The van der Waals surface area contributed by atoms with Crippen molar-refractivity contribution >= 4 is 11.8 Å². The summed E-state index contributed by atoms with van der Waals surface area (Å²) in [6.07, 6.45) is 6.20. The number of likely N-dealkylation sites (tertiary alicyclic amines) is 2. The third kappa shape index (κ3) is 5.17. The second-order valence-electron chi connectivity index (χ2n) is 7.85. The highest BCUT2D eigenvalue weighted by atomic mass is 16.5. The van der Waals surface area contributed by atoms with E-state index in [1.54, 1.807) is 6.92 Å². The molecule has 25 heavy (non-hydrogen) atoms. The molecule has 3 saturated heterocycles. The molecule has 0 bridgehead atoms. The molecule has 0 aromatic rings. The Bertz CT molecular complexity index is 449. The lowest BCUT2D eigenvalue weighted by atomic mass is 9.92. The molecule has 3 rings (SSSR count). The van der Waals surface area contributed by atoms with Gasteiger partial charge in [0, 0.05) is 51.7 Å². The predicted octanol–water partition coefficient (Wildman–Crippen LogP) is 1.25. The Kier molecular flexibility index (Phi) is 6.70. The van der Waals surface area contributed by atoms with Gasteiger partial charge < -0.3 is 19.9 Å². The van der Waals surface area contributed by atoms with Gasteiger partial charge in [0.2, 0.25) is 11.8 Å². The molecule has 142 valence electrons. The minimum absolute atomic E-state index is 0.174. The van der Waals surface area contributed by atoms with Crippen LogP contribution in [0.1, 0.15) is 45.4 Å². The van der Waals surface area contributed by atoms with E-state index in [1.807, 2.05) is 4.90 Å². The first-order valence-corrected chi connectivity index (χ1v) is 9.98. The Hall–Kier alpha value is -1.14. The van der Waals surface area contributed by atoms with Crippen LogP contribution in [0.15, 0.2) is 0 Å². The van der Waals surface area contributed by atoms with Gasteiger partial charge in [-0.3, -0.25) is 9.59 Å². The summed E-state index contributed by atoms with van der Waals surface area (Å²) in [6.45, 7) is 7.93. The van der Waals surface area contributed by atoms with E-state index in [0.29, 0.717) is 12.0 Å². The maximum absolute atomic E-state index is 12.4. The van der Waals surface area contributed by atoms with Gasteiger partial charge in [-0.05, 0) is 57.5 Å². The molecule has 2 amide bonds. The summed E-state index contributed by atoms with van der Waals surface area (Å²) >= 11 is 0. The van der Waals surface area contributed by atoms with E-state index in [2.05, 4.69) is 10.2 Å². The largest absolute Gasteiger partial charge is 0.381 e. The first-order chi connectivity index (χ1) is 12.1. The lowest BCUT2D eigenvalue weighted by Crippen LogP contribution is -2.50. The smallest absolute Gasteiger partial charge is 0.223 e. The molecule has 6 heteroatoms. The second-order valence-corrected chi connectivity index (χ2v) is 7.85. The maximum atomic E-state index is 12.4. The molecule has 0 saturated carbocycles. The molecule has 3 aliphatic rings. The van der Waals surface area contributed by atoms with Crippen molar-refractivity contribution in [3.05, 3.63) is 0 Å². The number of ether oxygens (including phenoxy) is 1. The lowest BCUT2D eigenvalue weighted by molar-refractivity contribution is -0.131. The molecule has 3 heterocycles. The molecule has 0 unspecified atom stereocenters. The maximum Gasteiger partial charge on any atom is 0.223 e. The number of rotatable bonds is 4. The van der Waals surface area contributed by atoms with E-state index < -0.39 is 0 Å². The Balaban J connectivity index is 1.35. The minimum Gasteiger partial charge on any atom is -0.381 e. The fourth-order valence-corrected chi connectivity index (χ4v) is 4.41. The van der Waals surface area contributed by atoms with Gasteiger partial charge in [-0.2, -0.15) is 0 Å². The highest BCUT2D eigenvalue weighted by molar-refractivity contribution is 5.78. The Morgan fingerprint density at radius 2 is 1.60 bits per heavy atom. The van der Waals surface area contributed by atoms with Gasteiger partial charge in [0.15, 0.2) is 0 Å². The highest BCUT2D eigenvalue weighted by Gasteiger charge is 2.31. The molecule has 3 aliphatic heterocycles. The number of amides is 2. The first-order valence-electron chi connectivity index (χ1n) is 9.98. The number of carbonyl (C=O) groups excluding carboxylic acids is 2. The molecule has 1 N–H and O–H groups in total. The topological polar surface area (TPSA) is 61.9 Å². The molecule has 0 atom stereocenters. The van der Waals surface area contributed by atoms with Gasteiger partial charge in [-0.25, -0.2) is 0 Å². The van der Waals surface area contributed by atoms with Gasteiger partial charge in [0.05, 0.1) is 0 Å². The van der Waals surface area contributed by atoms with Crippen molar-refractivity contribution in [2.24, 2.45) is 11.8 Å². The minimum atomic E-state index is 0.174. The molecule has 6 nitrogen and oxygen atoms in total. The number of nitrogens with zero attached hydrogens (tertiary/aromatic N) is 2. The van der Waals surface area contributed by atoms with Crippen LogP contribution in [0.25, 0.3) is 0 Å². The zero-order valence-corrected chi connectivity index (χ0v) is 15.5. The van der Waals surface area contributed by atoms with Gasteiger partial charge in [0.25, 0.3) is 0 Å². The van der Waals surface area contributed by atoms with Crippen LogP contribution in [0, 0.1) is 11.8 Å². The van der Waals surface area contributed by atoms with Gasteiger partial charge >= 0.3 is 0 Å². The molecule has 3 fully saturated rings. The van der Waals surface area contributed by atoms with Crippen molar-refractivity contribution in [1.29, 1.82) is 0 Å². The molecule has 0 aromatic heterocycles. The van der Waals surface area contributed by atoms with E-state index in [1.165, 1.54) is 0 Å². The standard InChI is InChI=1S/C19H33N3O3/c1-15(23)21-10-4-18(5-11-21)22-8-2-17(3-9-22)19(24)20-14-16-6-12-25-13-7-16/h16-18H,2-14H2,1H3,(H,20,24). The molecule has 0 aliphatic carbocycles. The molecule has 0 spiro atoms. The van der Waals surface area contributed by atoms with Crippen molar-refractivity contribution in [2.75, 3.05) is 45.9 Å². The second kappa shape index (κ2) is 8.99. The summed E-state index contributed by atoms with van der Waals surface area (Å²) in [7, 11) is 0. The van der Waals surface area contributed by atoms with Crippen LogP contribution in [0.5, 0.6) is 0 Å². The van der Waals surface area contributed by atoms with Crippen LogP contribution in [0.4, 0.5) is 0 Å². The molecular formula is C19H33N3O3. The van der Waals surface area contributed by atoms with Crippen LogP contribution in [-0.2, 0) is 14.3 Å². The quantitative estimate of drug-likeness (QED) is 0.828.